The lowest BCUT2D eigenvalue weighted by Crippen LogP contribution is -2.23. The first-order valence-corrected chi connectivity index (χ1v) is 11.5. The normalized spacial score (nSPS) is 12.9. The van der Waals surface area contributed by atoms with Gasteiger partial charge in [-0.3, -0.25) is 9.20 Å². The van der Waals surface area contributed by atoms with E-state index in [2.05, 4.69) is 15.5 Å². The number of aryl methyl sites for hydroxylation is 1. The molecule has 4 rings (SSSR count). The molecule has 3 N–H and O–H groups in total. The third-order valence-corrected chi connectivity index (χ3v) is 6.61. The fourth-order valence-electron chi connectivity index (χ4n) is 3.16. The van der Waals surface area contributed by atoms with Crippen molar-refractivity contribution in [3.05, 3.63) is 60.2 Å². The molecule has 2 aromatic carbocycles. The van der Waals surface area contributed by atoms with Crippen LogP contribution in [0.15, 0.2) is 64.6 Å². The third kappa shape index (κ3) is 3.89. The summed E-state index contributed by atoms with van der Waals surface area (Å²) in [5.74, 6) is -0.292. The molecule has 4 aromatic rings. The van der Waals surface area contributed by atoms with Crippen LogP contribution in [-0.4, -0.2) is 34.2 Å². The van der Waals surface area contributed by atoms with Gasteiger partial charge < -0.3 is 5.32 Å². The Balaban J connectivity index is 1.60. The third-order valence-electron chi connectivity index (χ3n) is 4.66. The number of rotatable bonds is 5. The van der Waals surface area contributed by atoms with Gasteiger partial charge in [-0.25, -0.2) is 13.6 Å². The minimum Gasteiger partial charge on any atom is -0.325 e. The molecule has 10 heteroatoms. The summed E-state index contributed by atoms with van der Waals surface area (Å²) in [6.07, 6.45) is 0. The van der Waals surface area contributed by atoms with Gasteiger partial charge in [0.1, 0.15) is 0 Å². The van der Waals surface area contributed by atoms with E-state index in [-0.39, 0.29) is 10.8 Å². The number of carbonyl (C=O) groups excluding carboxylic acids is 1. The number of thioether (sulfide) groups is 1. The molecule has 0 aliphatic heterocycles. The number of hydrogen-bond acceptors (Lipinski definition) is 6. The number of pyridine rings is 1. The van der Waals surface area contributed by atoms with Gasteiger partial charge in [0.15, 0.2) is 10.8 Å². The zero-order valence-corrected chi connectivity index (χ0v) is 17.9. The topological polar surface area (TPSA) is 119 Å². The van der Waals surface area contributed by atoms with Crippen molar-refractivity contribution < 1.29 is 13.2 Å². The number of fused-ring (bicyclic) bond motifs is 3. The highest BCUT2D eigenvalue weighted by Crippen LogP contribution is 2.28. The van der Waals surface area contributed by atoms with Crippen molar-refractivity contribution >= 4 is 49.9 Å². The summed E-state index contributed by atoms with van der Waals surface area (Å²) in [5, 5.41) is 17.6. The first-order valence-electron chi connectivity index (χ1n) is 9.08. The van der Waals surface area contributed by atoms with Crippen molar-refractivity contribution in [2.45, 2.75) is 29.1 Å². The maximum atomic E-state index is 12.7. The number of hydrogen-bond donors (Lipinski definition) is 2. The molecule has 0 spiro atoms. The molecule has 154 valence electrons. The van der Waals surface area contributed by atoms with Gasteiger partial charge >= 0.3 is 0 Å². The molecule has 30 heavy (non-hydrogen) atoms. The predicted molar refractivity (Wildman–Crippen MR) is 117 cm³/mol. The van der Waals surface area contributed by atoms with Crippen LogP contribution in [0, 0.1) is 6.92 Å². The van der Waals surface area contributed by atoms with E-state index in [9.17, 15) is 13.2 Å². The number of benzene rings is 2. The van der Waals surface area contributed by atoms with Crippen LogP contribution in [0.3, 0.4) is 0 Å². The van der Waals surface area contributed by atoms with E-state index < -0.39 is 15.3 Å². The summed E-state index contributed by atoms with van der Waals surface area (Å²) >= 11 is 1.27. The minimum atomic E-state index is -3.85. The molecule has 2 aromatic heterocycles. The van der Waals surface area contributed by atoms with E-state index in [0.29, 0.717) is 16.5 Å². The van der Waals surface area contributed by atoms with Crippen LogP contribution < -0.4 is 10.5 Å². The molecule has 0 aliphatic rings. The highest BCUT2D eigenvalue weighted by molar-refractivity contribution is 8.00. The molecule has 1 amide bonds. The number of primary sulfonamides is 1. The van der Waals surface area contributed by atoms with Crippen molar-refractivity contribution in [1.82, 2.24) is 14.6 Å². The van der Waals surface area contributed by atoms with E-state index in [0.717, 1.165) is 16.5 Å². The summed E-state index contributed by atoms with van der Waals surface area (Å²) in [7, 11) is -3.85. The molecule has 1 atom stereocenters. The predicted octanol–water partition coefficient (Wildman–Crippen LogP) is 2.96. The highest BCUT2D eigenvalue weighted by Gasteiger charge is 2.20. The van der Waals surface area contributed by atoms with Crippen molar-refractivity contribution in [2.75, 3.05) is 5.32 Å². The van der Waals surface area contributed by atoms with Gasteiger partial charge in [-0.1, -0.05) is 36.0 Å². The molecule has 0 saturated heterocycles. The molecule has 0 bridgehead atoms. The molecule has 8 nitrogen and oxygen atoms in total. The van der Waals surface area contributed by atoms with E-state index in [1.165, 1.54) is 30.0 Å². The van der Waals surface area contributed by atoms with Gasteiger partial charge in [-0.2, -0.15) is 0 Å². The number of sulfonamides is 1. The second-order valence-corrected chi connectivity index (χ2v) is 9.71. The fourth-order valence-corrected chi connectivity index (χ4v) is 4.58. The number of nitrogens with zero attached hydrogens (tertiary/aromatic N) is 3. The standard InChI is InChI=1S/C20H19N5O3S2/c1-12-10-18-23-24-20(25(18)17-9-4-3-8-16(12)17)29-13(2)19(26)22-14-6-5-7-15(11-14)30(21,27)28/h3-11,13H,1-2H3,(H,22,26)(H2,21,27,28). The zero-order chi connectivity index (χ0) is 21.5. The zero-order valence-electron chi connectivity index (χ0n) is 16.2. The van der Waals surface area contributed by atoms with E-state index in [1.807, 2.05) is 41.7 Å². The number of amides is 1. The van der Waals surface area contributed by atoms with Gasteiger partial charge in [-0.15, -0.1) is 10.2 Å². The van der Waals surface area contributed by atoms with Gasteiger partial charge in [0.2, 0.25) is 15.9 Å². The van der Waals surface area contributed by atoms with Crippen molar-refractivity contribution in [1.29, 1.82) is 0 Å². The minimum absolute atomic E-state index is 0.0640. The Bertz CT molecular complexity index is 1380. The molecule has 0 saturated carbocycles. The van der Waals surface area contributed by atoms with E-state index in [1.54, 1.807) is 13.0 Å². The van der Waals surface area contributed by atoms with Crippen LogP contribution in [-0.2, 0) is 14.8 Å². The number of carbonyl (C=O) groups is 1. The first kappa shape index (κ1) is 20.3. The Labute approximate surface area is 177 Å². The summed E-state index contributed by atoms with van der Waals surface area (Å²) < 4.78 is 25.0. The molecule has 2 heterocycles. The Morgan fingerprint density at radius 2 is 1.90 bits per heavy atom. The summed E-state index contributed by atoms with van der Waals surface area (Å²) in [6, 6.07) is 15.7. The molecular formula is C20H19N5O3S2. The number of para-hydroxylation sites is 1. The number of nitrogens with two attached hydrogens (primary N) is 1. The number of nitrogens with one attached hydrogen (secondary N) is 1. The van der Waals surface area contributed by atoms with Gasteiger partial charge in [0.25, 0.3) is 0 Å². The maximum absolute atomic E-state index is 12.7. The lowest BCUT2D eigenvalue weighted by atomic mass is 10.1. The highest BCUT2D eigenvalue weighted by atomic mass is 32.2. The Kier molecular flexibility index (Phi) is 5.22. The smallest absolute Gasteiger partial charge is 0.238 e. The summed E-state index contributed by atoms with van der Waals surface area (Å²) in [4.78, 5) is 12.6. The Morgan fingerprint density at radius 1 is 1.13 bits per heavy atom. The van der Waals surface area contributed by atoms with Crippen LogP contribution in [0.5, 0.6) is 0 Å². The quantitative estimate of drug-likeness (QED) is 0.460. The first-order chi connectivity index (χ1) is 14.2. The second-order valence-electron chi connectivity index (χ2n) is 6.84. The summed E-state index contributed by atoms with van der Waals surface area (Å²) in [5.41, 5.74) is 3.13. The molecule has 1 unspecified atom stereocenters. The lowest BCUT2D eigenvalue weighted by Gasteiger charge is -2.12. The summed E-state index contributed by atoms with van der Waals surface area (Å²) in [6.45, 7) is 3.77. The van der Waals surface area contributed by atoms with Crippen LogP contribution in [0.4, 0.5) is 5.69 Å². The van der Waals surface area contributed by atoms with Gasteiger partial charge in [0, 0.05) is 11.1 Å². The van der Waals surface area contributed by atoms with Crippen molar-refractivity contribution in [3.63, 3.8) is 0 Å². The molecule has 0 fully saturated rings. The van der Waals surface area contributed by atoms with Crippen molar-refractivity contribution in [3.8, 4) is 0 Å². The molecule has 0 aliphatic carbocycles. The largest absolute Gasteiger partial charge is 0.325 e. The average molecular weight is 442 g/mol. The van der Waals surface area contributed by atoms with E-state index >= 15 is 0 Å². The van der Waals surface area contributed by atoms with Crippen LogP contribution in [0.2, 0.25) is 0 Å². The second kappa shape index (κ2) is 7.71. The Morgan fingerprint density at radius 3 is 2.67 bits per heavy atom. The maximum Gasteiger partial charge on any atom is 0.238 e. The van der Waals surface area contributed by atoms with Crippen molar-refractivity contribution in [2.24, 2.45) is 5.14 Å². The number of aromatic nitrogens is 3. The SMILES string of the molecule is Cc1cc2nnc(SC(C)C(=O)Nc3cccc(S(N)(=O)=O)c3)n2c2ccccc12. The van der Waals surface area contributed by atoms with Crippen LogP contribution >= 0.6 is 11.8 Å². The lowest BCUT2D eigenvalue weighted by molar-refractivity contribution is -0.115. The van der Waals surface area contributed by atoms with E-state index in [4.69, 9.17) is 5.14 Å². The number of anilines is 1. The monoisotopic (exact) mass is 441 g/mol. The van der Waals surface area contributed by atoms with Crippen LogP contribution in [0.25, 0.3) is 16.6 Å². The van der Waals surface area contributed by atoms with Gasteiger partial charge in [0.05, 0.1) is 15.7 Å². The van der Waals surface area contributed by atoms with Gasteiger partial charge in [-0.05, 0) is 49.7 Å². The Hall–Kier alpha value is -2.95. The molecular weight excluding hydrogens is 422 g/mol. The fraction of sp³-hybridized carbons (Fsp3) is 0.150. The van der Waals surface area contributed by atoms with Crippen LogP contribution in [0.1, 0.15) is 12.5 Å². The molecule has 0 radical (unpaired) electrons. The average Bonchev–Trinajstić information content (AvgIpc) is 3.10.